The lowest BCUT2D eigenvalue weighted by Crippen LogP contribution is -2.50. The van der Waals surface area contributed by atoms with Gasteiger partial charge in [0.25, 0.3) is 11.6 Å². The second kappa shape index (κ2) is 8.79. The molecule has 2 N–H and O–H groups in total. The minimum atomic E-state index is -1.20. The average Bonchev–Trinajstić information content (AvgIpc) is 2.51. The number of rotatable bonds is 6. The summed E-state index contributed by atoms with van der Waals surface area (Å²) in [5, 5.41) is 15.1. The smallest absolute Gasteiger partial charge is 0.344 e. The van der Waals surface area contributed by atoms with Crippen molar-refractivity contribution in [3.05, 3.63) is 34.4 Å². The van der Waals surface area contributed by atoms with Crippen molar-refractivity contribution in [1.82, 2.24) is 10.6 Å². The van der Waals surface area contributed by atoms with Crippen molar-refractivity contribution in [1.29, 1.82) is 0 Å². The Morgan fingerprint density at radius 3 is 2.27 bits per heavy atom. The zero-order chi connectivity index (χ0) is 19.9. The van der Waals surface area contributed by atoms with Gasteiger partial charge in [-0.2, -0.15) is 0 Å². The Hall–Kier alpha value is -3.17. The predicted octanol–water partition coefficient (Wildman–Crippen LogP) is 1.53. The van der Waals surface area contributed by atoms with Crippen LogP contribution in [0.2, 0.25) is 0 Å². The van der Waals surface area contributed by atoms with E-state index < -0.39 is 41.1 Å². The van der Waals surface area contributed by atoms with E-state index in [-0.39, 0.29) is 11.4 Å². The van der Waals surface area contributed by atoms with Gasteiger partial charge in [0.05, 0.1) is 4.92 Å². The summed E-state index contributed by atoms with van der Waals surface area (Å²) < 4.78 is 9.98. The molecular weight excluding hydrogens is 346 g/mol. The van der Waals surface area contributed by atoms with Gasteiger partial charge in [-0.05, 0) is 39.8 Å². The largest absolute Gasteiger partial charge is 0.482 e. The van der Waals surface area contributed by atoms with E-state index >= 15 is 0 Å². The van der Waals surface area contributed by atoms with Gasteiger partial charge in [0.1, 0.15) is 5.75 Å². The van der Waals surface area contributed by atoms with Gasteiger partial charge in [-0.15, -0.1) is 0 Å². The Morgan fingerprint density at radius 1 is 1.19 bits per heavy atom. The maximum absolute atomic E-state index is 11.8. The molecule has 26 heavy (non-hydrogen) atoms. The first-order valence-electron chi connectivity index (χ1n) is 7.67. The second-order valence-corrected chi connectivity index (χ2v) is 6.37. The molecule has 0 saturated heterocycles. The lowest BCUT2D eigenvalue weighted by atomic mass is 10.1. The summed E-state index contributed by atoms with van der Waals surface area (Å²) in [5.74, 6) is -1.38. The molecule has 0 bridgehead atoms. The number of non-ortho nitro benzene ring substituents is 1. The fraction of sp³-hybridized carbons (Fsp3) is 0.438. The van der Waals surface area contributed by atoms with Gasteiger partial charge < -0.3 is 14.8 Å². The molecule has 1 atom stereocenters. The molecule has 10 nitrogen and oxygen atoms in total. The number of carbonyl (C=O) groups is 3. The van der Waals surface area contributed by atoms with Crippen LogP contribution in [0.1, 0.15) is 27.7 Å². The minimum Gasteiger partial charge on any atom is -0.482 e. The molecule has 0 aromatic heterocycles. The molecule has 3 amide bonds. The summed E-state index contributed by atoms with van der Waals surface area (Å²) in [6.45, 7) is 6.05. The van der Waals surface area contributed by atoms with Gasteiger partial charge in [0.15, 0.2) is 12.7 Å². The Kier molecular flexibility index (Phi) is 7.06. The van der Waals surface area contributed by atoms with Gasteiger partial charge in [-0.25, -0.2) is 9.59 Å². The lowest BCUT2D eigenvalue weighted by Gasteiger charge is -2.21. The maximum atomic E-state index is 11.8. The van der Waals surface area contributed by atoms with Crippen molar-refractivity contribution in [2.75, 3.05) is 6.61 Å². The van der Waals surface area contributed by atoms with Gasteiger partial charge in [-0.1, -0.05) is 0 Å². The van der Waals surface area contributed by atoms with E-state index in [0.717, 1.165) is 0 Å². The second-order valence-electron chi connectivity index (χ2n) is 6.37. The number of urea groups is 1. The SMILES string of the molecule is C[C@@H](OC(=O)COc1ccc([N+](=O)[O-])cc1)C(=O)NC(=O)NC(C)(C)C. The molecule has 0 unspecified atom stereocenters. The van der Waals surface area contributed by atoms with Crippen molar-refractivity contribution in [2.24, 2.45) is 0 Å². The average molecular weight is 367 g/mol. The van der Waals surface area contributed by atoms with Crippen LogP contribution in [-0.2, 0) is 14.3 Å². The molecule has 1 aromatic carbocycles. The highest BCUT2D eigenvalue weighted by Gasteiger charge is 2.22. The van der Waals surface area contributed by atoms with Crippen LogP contribution in [0.4, 0.5) is 10.5 Å². The number of hydrogen-bond acceptors (Lipinski definition) is 7. The number of imide groups is 1. The molecule has 0 aliphatic rings. The molecule has 142 valence electrons. The summed E-state index contributed by atoms with van der Waals surface area (Å²) in [4.78, 5) is 45.1. The highest BCUT2D eigenvalue weighted by Crippen LogP contribution is 2.17. The Bertz CT molecular complexity index is 680. The van der Waals surface area contributed by atoms with Crippen LogP contribution in [0.25, 0.3) is 0 Å². The molecule has 0 aliphatic carbocycles. The fourth-order valence-corrected chi connectivity index (χ4v) is 1.68. The van der Waals surface area contributed by atoms with Crippen molar-refractivity contribution in [2.45, 2.75) is 39.3 Å². The summed E-state index contributed by atoms with van der Waals surface area (Å²) in [5.41, 5.74) is -0.637. The minimum absolute atomic E-state index is 0.112. The van der Waals surface area contributed by atoms with E-state index in [1.54, 1.807) is 20.8 Å². The van der Waals surface area contributed by atoms with Crippen molar-refractivity contribution in [3.63, 3.8) is 0 Å². The number of nitrogens with zero attached hydrogens (tertiary/aromatic N) is 1. The molecule has 1 rings (SSSR count). The molecular formula is C16H21N3O7. The number of nitro benzene ring substituents is 1. The van der Waals surface area contributed by atoms with E-state index in [4.69, 9.17) is 9.47 Å². The van der Waals surface area contributed by atoms with Gasteiger partial charge >= 0.3 is 12.0 Å². The van der Waals surface area contributed by atoms with Gasteiger partial charge in [0.2, 0.25) is 0 Å². The number of amides is 3. The van der Waals surface area contributed by atoms with Crippen LogP contribution in [0.3, 0.4) is 0 Å². The highest BCUT2D eigenvalue weighted by molar-refractivity contribution is 5.97. The first-order chi connectivity index (χ1) is 12.0. The monoisotopic (exact) mass is 367 g/mol. The molecule has 0 fully saturated rings. The first-order valence-corrected chi connectivity index (χ1v) is 7.67. The van der Waals surface area contributed by atoms with Gasteiger partial charge in [-0.3, -0.25) is 20.2 Å². The number of nitro groups is 1. The van der Waals surface area contributed by atoms with Crippen molar-refractivity contribution >= 4 is 23.6 Å². The zero-order valence-electron chi connectivity index (χ0n) is 14.9. The van der Waals surface area contributed by atoms with Crippen LogP contribution in [0.5, 0.6) is 5.75 Å². The number of ether oxygens (including phenoxy) is 2. The number of benzene rings is 1. The molecule has 0 heterocycles. The van der Waals surface area contributed by atoms with E-state index in [1.807, 2.05) is 0 Å². The van der Waals surface area contributed by atoms with E-state index in [1.165, 1.54) is 31.2 Å². The van der Waals surface area contributed by atoms with Crippen LogP contribution in [-0.4, -0.2) is 41.1 Å². The molecule has 10 heteroatoms. The summed E-state index contributed by atoms with van der Waals surface area (Å²) in [6.07, 6.45) is -1.20. The number of nitrogens with one attached hydrogen (secondary N) is 2. The lowest BCUT2D eigenvalue weighted by molar-refractivity contribution is -0.384. The predicted molar refractivity (Wildman–Crippen MR) is 90.6 cm³/mol. The highest BCUT2D eigenvalue weighted by atomic mass is 16.6. The summed E-state index contributed by atoms with van der Waals surface area (Å²) in [6, 6.07) is 4.42. The zero-order valence-corrected chi connectivity index (χ0v) is 14.9. The fourth-order valence-electron chi connectivity index (χ4n) is 1.68. The number of carbonyl (C=O) groups excluding carboxylic acids is 3. The summed E-state index contributed by atoms with van der Waals surface area (Å²) >= 11 is 0. The quantitative estimate of drug-likeness (QED) is 0.442. The third-order valence-corrected chi connectivity index (χ3v) is 2.81. The molecule has 1 aromatic rings. The number of esters is 1. The molecule has 0 saturated carbocycles. The van der Waals surface area contributed by atoms with Crippen molar-refractivity contribution < 1.29 is 28.8 Å². The van der Waals surface area contributed by atoms with Crippen molar-refractivity contribution in [3.8, 4) is 5.75 Å². The van der Waals surface area contributed by atoms with Crippen LogP contribution in [0, 0.1) is 10.1 Å². The standard InChI is InChI=1S/C16H21N3O7/c1-10(14(21)17-15(22)18-16(2,3)4)26-13(20)9-25-12-7-5-11(6-8-12)19(23)24/h5-8,10H,9H2,1-4H3,(H2,17,18,21,22)/t10-/m1/s1. The Labute approximate surface area is 150 Å². The molecule has 0 radical (unpaired) electrons. The van der Waals surface area contributed by atoms with Crippen LogP contribution < -0.4 is 15.4 Å². The first kappa shape index (κ1) is 20.9. The van der Waals surface area contributed by atoms with Crippen LogP contribution in [0.15, 0.2) is 24.3 Å². The van der Waals surface area contributed by atoms with E-state index in [9.17, 15) is 24.5 Å². The molecule has 0 aliphatic heterocycles. The number of hydrogen-bond donors (Lipinski definition) is 2. The van der Waals surface area contributed by atoms with E-state index in [0.29, 0.717) is 0 Å². The third kappa shape index (κ3) is 7.60. The topological polar surface area (TPSA) is 137 Å². The third-order valence-electron chi connectivity index (χ3n) is 2.81. The van der Waals surface area contributed by atoms with E-state index in [2.05, 4.69) is 10.6 Å². The van der Waals surface area contributed by atoms with Gasteiger partial charge in [0, 0.05) is 17.7 Å². The molecule has 0 spiro atoms. The summed E-state index contributed by atoms with van der Waals surface area (Å²) in [7, 11) is 0. The Balaban J connectivity index is 2.42. The van der Waals surface area contributed by atoms with Crippen LogP contribution >= 0.6 is 0 Å². The normalized spacial score (nSPS) is 11.8. The maximum Gasteiger partial charge on any atom is 0.344 e. The Morgan fingerprint density at radius 2 is 1.77 bits per heavy atom.